The van der Waals surface area contributed by atoms with Crippen LogP contribution in [-0.4, -0.2) is 41.5 Å². The zero-order chi connectivity index (χ0) is 17.2. The Kier molecular flexibility index (Phi) is 7.26. The molecule has 0 heterocycles. The van der Waals surface area contributed by atoms with Gasteiger partial charge >= 0.3 is 6.09 Å². The average Bonchev–Trinajstić information content (AvgIpc) is 2.59. The largest absolute Gasteiger partial charge is 0.465 e. The molecular weight excluding hydrogens is 304 g/mol. The van der Waals surface area contributed by atoms with Gasteiger partial charge in [0, 0.05) is 6.54 Å². The van der Waals surface area contributed by atoms with Gasteiger partial charge in [0.2, 0.25) is 0 Å². The summed E-state index contributed by atoms with van der Waals surface area (Å²) in [7, 11) is 0. The number of carboxylic acid groups (broad SMARTS) is 1. The second kappa shape index (κ2) is 9.70. The lowest BCUT2D eigenvalue weighted by atomic mass is 10.0. The predicted molar refractivity (Wildman–Crippen MR) is 94.1 cm³/mol. The zero-order valence-corrected chi connectivity index (χ0v) is 13.6. The standard InChI is InChI=1S/C19H24N2O3/c22-18(14-20-12-11-15-7-3-1-4-8-15)17(21-19(23)24)13-16-9-5-2-6-10-16/h1-10,17-18,20-22H,11-14H2,(H,23,24)/t17-,18+/m0/s1. The summed E-state index contributed by atoms with van der Waals surface area (Å²) in [5.41, 5.74) is 2.21. The van der Waals surface area contributed by atoms with Crippen LogP contribution in [0.4, 0.5) is 4.79 Å². The summed E-state index contributed by atoms with van der Waals surface area (Å²) >= 11 is 0. The second-order valence-corrected chi connectivity index (χ2v) is 5.75. The van der Waals surface area contributed by atoms with Crippen LogP contribution in [0.2, 0.25) is 0 Å². The summed E-state index contributed by atoms with van der Waals surface area (Å²) in [4.78, 5) is 11.0. The lowest BCUT2D eigenvalue weighted by Gasteiger charge is -2.23. The van der Waals surface area contributed by atoms with Gasteiger partial charge in [-0.05, 0) is 30.5 Å². The monoisotopic (exact) mass is 328 g/mol. The third kappa shape index (κ3) is 6.40. The molecule has 0 fully saturated rings. The Morgan fingerprint density at radius 3 is 2.12 bits per heavy atom. The molecule has 0 aromatic heterocycles. The number of aliphatic hydroxyl groups is 1. The van der Waals surface area contributed by atoms with Crippen molar-refractivity contribution in [3.05, 3.63) is 71.8 Å². The van der Waals surface area contributed by atoms with Crippen molar-refractivity contribution in [1.29, 1.82) is 0 Å². The van der Waals surface area contributed by atoms with Crippen LogP contribution < -0.4 is 10.6 Å². The summed E-state index contributed by atoms with van der Waals surface area (Å²) in [6.45, 7) is 1.07. The summed E-state index contributed by atoms with van der Waals surface area (Å²) in [6, 6.07) is 19.1. The number of hydrogen-bond acceptors (Lipinski definition) is 3. The number of amides is 1. The third-order valence-corrected chi connectivity index (χ3v) is 3.86. The molecule has 2 rings (SSSR count). The van der Waals surface area contributed by atoms with Crippen LogP contribution in [0.1, 0.15) is 11.1 Å². The highest BCUT2D eigenvalue weighted by atomic mass is 16.4. The predicted octanol–water partition coefficient (Wildman–Crippen LogP) is 2.06. The average molecular weight is 328 g/mol. The van der Waals surface area contributed by atoms with Crippen molar-refractivity contribution in [2.24, 2.45) is 0 Å². The molecule has 0 bridgehead atoms. The molecule has 2 aromatic rings. The molecule has 2 aromatic carbocycles. The van der Waals surface area contributed by atoms with Crippen LogP contribution in [0.25, 0.3) is 0 Å². The van der Waals surface area contributed by atoms with Crippen molar-refractivity contribution in [2.75, 3.05) is 13.1 Å². The van der Waals surface area contributed by atoms with Crippen LogP contribution in [-0.2, 0) is 12.8 Å². The minimum absolute atomic E-state index is 0.338. The first kappa shape index (κ1) is 18.0. The molecule has 0 aliphatic carbocycles. The summed E-state index contributed by atoms with van der Waals surface area (Å²) in [5.74, 6) is 0. The molecule has 5 heteroatoms. The van der Waals surface area contributed by atoms with E-state index < -0.39 is 18.2 Å². The maximum Gasteiger partial charge on any atom is 0.404 e. The fraction of sp³-hybridized carbons (Fsp3) is 0.316. The second-order valence-electron chi connectivity index (χ2n) is 5.75. The quantitative estimate of drug-likeness (QED) is 0.531. The Labute approximate surface area is 142 Å². The van der Waals surface area contributed by atoms with Crippen molar-refractivity contribution in [2.45, 2.75) is 25.0 Å². The lowest BCUT2D eigenvalue weighted by molar-refractivity contribution is 0.118. The van der Waals surface area contributed by atoms with Crippen LogP contribution in [0, 0.1) is 0 Å². The highest BCUT2D eigenvalue weighted by molar-refractivity contribution is 5.65. The van der Waals surface area contributed by atoms with Gasteiger partial charge < -0.3 is 20.8 Å². The topological polar surface area (TPSA) is 81.6 Å². The van der Waals surface area contributed by atoms with Gasteiger partial charge in [-0.2, -0.15) is 0 Å². The van der Waals surface area contributed by atoms with E-state index in [1.807, 2.05) is 48.5 Å². The first-order valence-corrected chi connectivity index (χ1v) is 8.11. The molecule has 0 saturated heterocycles. The molecule has 0 aliphatic rings. The van der Waals surface area contributed by atoms with Crippen molar-refractivity contribution in [3.63, 3.8) is 0 Å². The molecular formula is C19H24N2O3. The van der Waals surface area contributed by atoms with Gasteiger partial charge in [0.05, 0.1) is 12.1 Å². The van der Waals surface area contributed by atoms with E-state index in [0.29, 0.717) is 13.0 Å². The van der Waals surface area contributed by atoms with Crippen LogP contribution in [0.15, 0.2) is 60.7 Å². The number of carbonyl (C=O) groups is 1. The molecule has 2 atom stereocenters. The Balaban J connectivity index is 1.81. The van der Waals surface area contributed by atoms with Crippen molar-refractivity contribution in [3.8, 4) is 0 Å². The van der Waals surface area contributed by atoms with Crippen LogP contribution >= 0.6 is 0 Å². The molecule has 0 saturated carbocycles. The molecule has 5 nitrogen and oxygen atoms in total. The molecule has 24 heavy (non-hydrogen) atoms. The fourth-order valence-corrected chi connectivity index (χ4v) is 2.58. The Bertz CT molecular complexity index is 605. The van der Waals surface area contributed by atoms with E-state index in [0.717, 1.165) is 18.5 Å². The van der Waals surface area contributed by atoms with Gasteiger partial charge in [-0.15, -0.1) is 0 Å². The zero-order valence-electron chi connectivity index (χ0n) is 13.6. The fourth-order valence-electron chi connectivity index (χ4n) is 2.58. The van der Waals surface area contributed by atoms with Crippen molar-refractivity contribution >= 4 is 6.09 Å². The number of nitrogens with one attached hydrogen (secondary N) is 2. The molecule has 0 aliphatic heterocycles. The minimum atomic E-state index is -1.13. The van der Waals surface area contributed by atoms with E-state index in [1.54, 1.807) is 0 Å². The smallest absolute Gasteiger partial charge is 0.404 e. The van der Waals surface area contributed by atoms with E-state index in [2.05, 4.69) is 22.8 Å². The minimum Gasteiger partial charge on any atom is -0.465 e. The third-order valence-electron chi connectivity index (χ3n) is 3.86. The molecule has 4 N–H and O–H groups in total. The van der Waals surface area contributed by atoms with Crippen molar-refractivity contribution in [1.82, 2.24) is 10.6 Å². The van der Waals surface area contributed by atoms with Gasteiger partial charge in [0.1, 0.15) is 0 Å². The maximum absolute atomic E-state index is 11.0. The Hall–Kier alpha value is -2.37. The van der Waals surface area contributed by atoms with Gasteiger partial charge in [-0.25, -0.2) is 4.79 Å². The maximum atomic E-state index is 11.0. The number of hydrogen-bond donors (Lipinski definition) is 4. The molecule has 128 valence electrons. The van der Waals surface area contributed by atoms with Gasteiger partial charge in [-0.3, -0.25) is 0 Å². The molecule has 0 spiro atoms. The van der Waals surface area contributed by atoms with E-state index in [9.17, 15) is 9.90 Å². The molecule has 1 amide bonds. The highest BCUT2D eigenvalue weighted by Crippen LogP contribution is 2.06. The summed E-state index contributed by atoms with van der Waals surface area (Å²) < 4.78 is 0. The first-order chi connectivity index (χ1) is 11.6. The van der Waals surface area contributed by atoms with Crippen molar-refractivity contribution < 1.29 is 15.0 Å². The van der Waals surface area contributed by atoms with E-state index in [1.165, 1.54) is 5.56 Å². The van der Waals surface area contributed by atoms with Gasteiger partial charge in [-0.1, -0.05) is 60.7 Å². The summed E-state index contributed by atoms with van der Waals surface area (Å²) in [5, 5.41) is 24.9. The van der Waals surface area contributed by atoms with Crippen LogP contribution in [0.3, 0.4) is 0 Å². The lowest BCUT2D eigenvalue weighted by Crippen LogP contribution is -2.48. The van der Waals surface area contributed by atoms with E-state index in [4.69, 9.17) is 5.11 Å². The molecule has 0 radical (unpaired) electrons. The highest BCUT2D eigenvalue weighted by Gasteiger charge is 2.21. The first-order valence-electron chi connectivity index (χ1n) is 8.11. The number of rotatable bonds is 9. The van der Waals surface area contributed by atoms with Gasteiger partial charge in [0.15, 0.2) is 0 Å². The normalized spacial score (nSPS) is 13.2. The van der Waals surface area contributed by atoms with E-state index in [-0.39, 0.29) is 0 Å². The number of benzene rings is 2. The van der Waals surface area contributed by atoms with E-state index >= 15 is 0 Å². The van der Waals surface area contributed by atoms with Crippen LogP contribution in [0.5, 0.6) is 0 Å². The van der Waals surface area contributed by atoms with Gasteiger partial charge in [0.25, 0.3) is 0 Å². The molecule has 0 unspecified atom stereocenters. The Morgan fingerprint density at radius 1 is 0.958 bits per heavy atom. The summed E-state index contributed by atoms with van der Waals surface area (Å²) in [6.07, 6.45) is -0.603. The number of aliphatic hydroxyl groups excluding tert-OH is 1. The Morgan fingerprint density at radius 2 is 1.54 bits per heavy atom. The SMILES string of the molecule is O=C(O)N[C@@H](Cc1ccccc1)[C@H](O)CNCCc1ccccc1.